The van der Waals surface area contributed by atoms with E-state index in [-0.39, 0.29) is 41.3 Å². The van der Waals surface area contributed by atoms with E-state index in [1.165, 1.54) is 18.8 Å². The summed E-state index contributed by atoms with van der Waals surface area (Å²) in [5.74, 6) is 0.863. The maximum Gasteiger partial charge on any atom is 0.187 e. The molecule has 21 atom stereocenters. The van der Waals surface area contributed by atoms with Gasteiger partial charge in [-0.25, -0.2) is 0 Å². The third-order valence-corrected chi connectivity index (χ3v) is 14.6. The zero-order valence-corrected chi connectivity index (χ0v) is 30.9. The number of hydrogen-bond acceptors (Lipinski definition) is 13. The summed E-state index contributed by atoms with van der Waals surface area (Å²) >= 11 is 0. The van der Waals surface area contributed by atoms with Crippen molar-refractivity contribution in [1.29, 1.82) is 0 Å². The zero-order valence-electron chi connectivity index (χ0n) is 30.9. The summed E-state index contributed by atoms with van der Waals surface area (Å²) in [6.45, 7) is 9.52. The topological polar surface area (TPSA) is 205 Å². The fourth-order valence-corrected chi connectivity index (χ4v) is 11.9. The number of allylic oxidation sites excluding steroid dienone is 2. The van der Waals surface area contributed by atoms with Crippen molar-refractivity contribution in [2.24, 2.45) is 46.3 Å². The number of fused-ring (bicyclic) bond motifs is 7. The second-order valence-electron chi connectivity index (χ2n) is 17.5. The van der Waals surface area contributed by atoms with Gasteiger partial charge in [-0.2, -0.15) is 0 Å². The average molecular weight is 737 g/mol. The first-order valence-corrected chi connectivity index (χ1v) is 19.4. The Hall–Kier alpha value is -1.33. The summed E-state index contributed by atoms with van der Waals surface area (Å²) in [6, 6.07) is 0. The molecule has 0 aromatic heterocycles. The van der Waals surface area contributed by atoms with Gasteiger partial charge in [-0.15, -0.1) is 0 Å². The zero-order chi connectivity index (χ0) is 37.4. The van der Waals surface area contributed by atoms with Gasteiger partial charge in [0.15, 0.2) is 18.9 Å². The fourth-order valence-electron chi connectivity index (χ4n) is 11.9. The molecule has 13 nitrogen and oxygen atoms in total. The van der Waals surface area contributed by atoms with Crippen LogP contribution in [0.1, 0.15) is 79.6 Å². The lowest BCUT2D eigenvalue weighted by Crippen LogP contribution is -2.64. The van der Waals surface area contributed by atoms with Crippen molar-refractivity contribution in [3.05, 3.63) is 23.3 Å². The molecule has 294 valence electrons. The number of carbonyl (C=O) groups excluding carboxylic acids is 1. The van der Waals surface area contributed by atoms with Gasteiger partial charge in [-0.1, -0.05) is 37.1 Å². The number of aldehydes is 1. The molecule has 0 aromatic carbocycles. The molecule has 0 bridgehead atoms. The SMILES string of the molecule is CC(C)=C[C@@H]1[C@@H](C)[C@H]2[C@H](C[C@H]3[C@@H]4CC=C5C[C@@H](O[C@@H]6O[C@H](CO)[C@@H](O)[C@H](O)[C@H]6O[C@@H]6O[C@@H](C)[C@H](O)[C@@H](O)[C@H]6O)CC[C@]5(C)[C@H]4CC[C@]23C=O)O[C@H]1O. The van der Waals surface area contributed by atoms with Crippen LogP contribution in [-0.2, 0) is 28.5 Å². The van der Waals surface area contributed by atoms with Crippen molar-refractivity contribution in [3.8, 4) is 0 Å². The van der Waals surface area contributed by atoms with E-state index in [1.807, 2.05) is 13.8 Å². The Labute approximate surface area is 305 Å². The smallest absolute Gasteiger partial charge is 0.187 e. The van der Waals surface area contributed by atoms with Crippen LogP contribution in [0.4, 0.5) is 0 Å². The summed E-state index contributed by atoms with van der Waals surface area (Å²) in [5.41, 5.74) is 1.82. The van der Waals surface area contributed by atoms with Crippen LogP contribution < -0.4 is 0 Å². The minimum atomic E-state index is -1.64. The summed E-state index contributed by atoms with van der Waals surface area (Å²) in [7, 11) is 0. The molecule has 0 aromatic rings. The molecule has 7 rings (SSSR count). The molecular weight excluding hydrogens is 676 g/mol. The van der Waals surface area contributed by atoms with Gasteiger partial charge >= 0.3 is 0 Å². The van der Waals surface area contributed by atoms with Crippen molar-refractivity contribution in [1.82, 2.24) is 0 Å². The predicted octanol–water partition coefficient (Wildman–Crippen LogP) is 1.33. The van der Waals surface area contributed by atoms with E-state index in [4.69, 9.17) is 23.7 Å². The first-order valence-electron chi connectivity index (χ1n) is 19.4. The molecule has 52 heavy (non-hydrogen) atoms. The van der Waals surface area contributed by atoms with E-state index in [0.29, 0.717) is 24.7 Å². The van der Waals surface area contributed by atoms with Crippen LogP contribution in [0.5, 0.6) is 0 Å². The predicted molar refractivity (Wildman–Crippen MR) is 184 cm³/mol. The van der Waals surface area contributed by atoms with E-state index < -0.39 is 79.7 Å². The minimum Gasteiger partial charge on any atom is -0.394 e. The third kappa shape index (κ3) is 6.28. The summed E-state index contributed by atoms with van der Waals surface area (Å²) in [6.07, 6.45) is -3.97. The number of hydrogen-bond donors (Lipinski definition) is 7. The molecule has 6 fully saturated rings. The van der Waals surface area contributed by atoms with Gasteiger partial charge in [0.2, 0.25) is 0 Å². The molecule has 3 saturated heterocycles. The number of ether oxygens (including phenoxy) is 5. The van der Waals surface area contributed by atoms with Gasteiger partial charge in [0.05, 0.1) is 24.9 Å². The molecule has 13 heteroatoms. The minimum absolute atomic E-state index is 0.0567. The van der Waals surface area contributed by atoms with E-state index in [1.54, 1.807) is 0 Å². The van der Waals surface area contributed by atoms with Crippen molar-refractivity contribution < 1.29 is 64.2 Å². The summed E-state index contributed by atoms with van der Waals surface area (Å²) in [5, 5.41) is 73.8. The Balaban J connectivity index is 1.08. The van der Waals surface area contributed by atoms with E-state index in [9.17, 15) is 40.5 Å². The quantitative estimate of drug-likeness (QED) is 0.146. The molecule has 0 amide bonds. The van der Waals surface area contributed by atoms with Crippen LogP contribution >= 0.6 is 0 Å². The molecule has 3 aliphatic heterocycles. The van der Waals surface area contributed by atoms with Crippen LogP contribution in [0.3, 0.4) is 0 Å². The number of carbonyl (C=O) groups is 1. The molecule has 7 aliphatic rings. The van der Waals surface area contributed by atoms with Crippen molar-refractivity contribution in [2.45, 2.75) is 159 Å². The average Bonchev–Trinajstić information content (AvgIpc) is 3.45. The highest BCUT2D eigenvalue weighted by atomic mass is 16.8. The Bertz CT molecular complexity index is 1370. The normalized spacial score (nSPS) is 54.5. The second-order valence-corrected chi connectivity index (χ2v) is 17.5. The van der Waals surface area contributed by atoms with Crippen LogP contribution in [0.15, 0.2) is 23.3 Å². The van der Waals surface area contributed by atoms with Crippen LogP contribution in [0.2, 0.25) is 0 Å². The van der Waals surface area contributed by atoms with Gasteiger partial charge in [0, 0.05) is 17.3 Å². The molecule has 3 heterocycles. The molecule has 0 unspecified atom stereocenters. The molecular formula is C39H60O13. The lowest BCUT2D eigenvalue weighted by atomic mass is 9.46. The largest absolute Gasteiger partial charge is 0.394 e. The van der Waals surface area contributed by atoms with Crippen molar-refractivity contribution >= 4 is 6.29 Å². The number of rotatable bonds is 7. The van der Waals surface area contributed by atoms with Gasteiger partial charge in [-0.3, -0.25) is 0 Å². The number of aliphatic hydroxyl groups excluding tert-OH is 7. The maximum absolute atomic E-state index is 13.3. The van der Waals surface area contributed by atoms with Gasteiger partial charge in [0.25, 0.3) is 0 Å². The molecule has 7 N–H and O–H groups in total. The third-order valence-electron chi connectivity index (χ3n) is 14.6. The molecule has 0 radical (unpaired) electrons. The van der Waals surface area contributed by atoms with E-state index >= 15 is 0 Å². The van der Waals surface area contributed by atoms with E-state index in [2.05, 4.69) is 26.0 Å². The highest BCUT2D eigenvalue weighted by Gasteiger charge is 2.66. The summed E-state index contributed by atoms with van der Waals surface area (Å²) < 4.78 is 30.3. The first-order chi connectivity index (χ1) is 24.6. The monoisotopic (exact) mass is 736 g/mol. The molecule has 3 saturated carbocycles. The lowest BCUT2D eigenvalue weighted by Gasteiger charge is -2.58. The highest BCUT2D eigenvalue weighted by Crippen LogP contribution is 2.68. The number of aliphatic hydroxyl groups is 7. The Kier molecular flexibility index (Phi) is 11.0. The molecule has 0 spiro atoms. The summed E-state index contributed by atoms with van der Waals surface area (Å²) in [4.78, 5) is 13.3. The van der Waals surface area contributed by atoms with Crippen LogP contribution in [-0.4, -0.2) is 129 Å². The lowest BCUT2D eigenvalue weighted by molar-refractivity contribution is -0.369. The Morgan fingerprint density at radius 1 is 0.904 bits per heavy atom. The second kappa shape index (κ2) is 14.6. The van der Waals surface area contributed by atoms with Crippen molar-refractivity contribution in [3.63, 3.8) is 0 Å². The first kappa shape index (κ1) is 38.9. The van der Waals surface area contributed by atoms with Crippen LogP contribution in [0.25, 0.3) is 0 Å². The fraction of sp³-hybridized carbons (Fsp3) is 0.872. The van der Waals surface area contributed by atoms with Crippen LogP contribution in [0, 0.1) is 46.3 Å². The highest BCUT2D eigenvalue weighted by molar-refractivity contribution is 5.63. The Morgan fingerprint density at radius 2 is 1.65 bits per heavy atom. The molecule has 4 aliphatic carbocycles. The van der Waals surface area contributed by atoms with Gasteiger partial charge in [0.1, 0.15) is 49.0 Å². The van der Waals surface area contributed by atoms with Gasteiger partial charge in [-0.05, 0) is 94.8 Å². The van der Waals surface area contributed by atoms with E-state index in [0.717, 1.165) is 37.7 Å². The van der Waals surface area contributed by atoms with Crippen molar-refractivity contribution in [2.75, 3.05) is 6.61 Å². The maximum atomic E-state index is 13.3. The Morgan fingerprint density at radius 3 is 2.35 bits per heavy atom. The van der Waals surface area contributed by atoms with Gasteiger partial charge < -0.3 is 64.2 Å². The standard InChI is InChI=1S/C39H60O13/c1-17(2)12-23-18(3)28-26(50-35(23)47)14-25-22-7-6-20-13-21(8-10-38(20,5)24(22)9-11-39(25,28)16-41)49-37-34(32(45)30(43)27(15-40)51-37)52-36-33(46)31(44)29(42)19(4)48-36/h6,12,16,18-19,21-37,40,42-47H,7-11,13-15H2,1-5H3/t18-,19+,21+,22-,23-,24+,25+,26+,27-,28+,29+,30-,31-,32+,33-,34-,35-,36+,37-,38+,39-/m1/s1.